The molecule has 0 heterocycles. The Balaban J connectivity index is 2.14. The lowest BCUT2D eigenvalue weighted by atomic mass is 10.1. The molecule has 19 heavy (non-hydrogen) atoms. The second-order valence-electron chi connectivity index (χ2n) is 4.32. The maximum Gasteiger partial charge on any atom is 0.123 e. The van der Waals surface area contributed by atoms with Gasteiger partial charge in [-0.05, 0) is 47.9 Å². The van der Waals surface area contributed by atoms with Crippen LogP contribution >= 0.6 is 0 Å². The van der Waals surface area contributed by atoms with Crippen LogP contribution in [0.25, 0.3) is 0 Å². The second-order valence-corrected chi connectivity index (χ2v) is 4.32. The molecule has 3 heteroatoms. The minimum Gasteiger partial charge on any atom is -0.381 e. The Morgan fingerprint density at radius 3 is 2.79 bits per heavy atom. The molecule has 0 bridgehead atoms. The number of nitriles is 1. The first-order valence-corrected chi connectivity index (χ1v) is 6.24. The monoisotopic (exact) mass is 254 g/mol. The van der Waals surface area contributed by atoms with E-state index in [9.17, 15) is 4.39 Å². The second kappa shape index (κ2) is 6.01. The van der Waals surface area contributed by atoms with E-state index in [0.29, 0.717) is 17.7 Å². The smallest absolute Gasteiger partial charge is 0.123 e. The zero-order valence-electron chi connectivity index (χ0n) is 10.8. The van der Waals surface area contributed by atoms with Gasteiger partial charge in [0.05, 0.1) is 11.6 Å². The number of hydrogen-bond acceptors (Lipinski definition) is 2. The maximum atomic E-state index is 13.2. The first-order valence-electron chi connectivity index (χ1n) is 6.24. The van der Waals surface area contributed by atoms with Crippen molar-refractivity contribution < 1.29 is 4.39 Å². The zero-order chi connectivity index (χ0) is 13.7. The molecule has 96 valence electrons. The van der Waals surface area contributed by atoms with Crippen molar-refractivity contribution >= 4 is 5.69 Å². The highest BCUT2D eigenvalue weighted by Gasteiger charge is 2.03. The van der Waals surface area contributed by atoms with E-state index in [2.05, 4.69) is 30.4 Å². The molecule has 2 aromatic rings. The van der Waals surface area contributed by atoms with Gasteiger partial charge in [-0.3, -0.25) is 0 Å². The summed E-state index contributed by atoms with van der Waals surface area (Å²) in [6.45, 7) is 2.54. The molecule has 0 saturated carbocycles. The van der Waals surface area contributed by atoms with E-state index in [1.165, 1.54) is 23.8 Å². The summed E-state index contributed by atoms with van der Waals surface area (Å²) in [5, 5.41) is 12.2. The molecule has 2 aromatic carbocycles. The molecule has 0 spiro atoms. The summed E-state index contributed by atoms with van der Waals surface area (Å²) < 4.78 is 13.2. The normalized spacial score (nSPS) is 9.95. The third-order valence-corrected chi connectivity index (χ3v) is 3.01. The minimum absolute atomic E-state index is 0.321. The van der Waals surface area contributed by atoms with E-state index in [-0.39, 0.29) is 5.82 Å². The Morgan fingerprint density at radius 1 is 1.21 bits per heavy atom. The van der Waals surface area contributed by atoms with Crippen LogP contribution in [0.1, 0.15) is 23.6 Å². The van der Waals surface area contributed by atoms with Crippen molar-refractivity contribution in [2.45, 2.75) is 19.9 Å². The Morgan fingerprint density at radius 2 is 2.05 bits per heavy atom. The number of aryl methyl sites for hydroxylation is 1. The van der Waals surface area contributed by atoms with Gasteiger partial charge >= 0.3 is 0 Å². The van der Waals surface area contributed by atoms with Crippen LogP contribution in [0.2, 0.25) is 0 Å². The summed E-state index contributed by atoms with van der Waals surface area (Å²) in [6, 6.07) is 14.4. The summed E-state index contributed by atoms with van der Waals surface area (Å²) in [5.41, 5.74) is 3.39. The summed E-state index contributed by atoms with van der Waals surface area (Å²) >= 11 is 0. The molecule has 0 aliphatic carbocycles. The van der Waals surface area contributed by atoms with Crippen LogP contribution in [0.3, 0.4) is 0 Å². The number of nitrogens with one attached hydrogen (secondary N) is 1. The Kier molecular flexibility index (Phi) is 4.15. The fourth-order valence-corrected chi connectivity index (χ4v) is 1.92. The van der Waals surface area contributed by atoms with Crippen molar-refractivity contribution in [3.05, 3.63) is 65.0 Å². The van der Waals surface area contributed by atoms with E-state index < -0.39 is 0 Å². The van der Waals surface area contributed by atoms with Crippen molar-refractivity contribution in [3.8, 4) is 6.07 Å². The zero-order valence-corrected chi connectivity index (χ0v) is 10.8. The highest BCUT2D eigenvalue weighted by atomic mass is 19.1. The first kappa shape index (κ1) is 13.1. The molecule has 0 fully saturated rings. The summed E-state index contributed by atoms with van der Waals surface area (Å²) in [5.74, 6) is -0.321. The van der Waals surface area contributed by atoms with E-state index in [0.717, 1.165) is 12.1 Å². The lowest BCUT2D eigenvalue weighted by Crippen LogP contribution is -2.02. The average molecular weight is 254 g/mol. The van der Waals surface area contributed by atoms with Gasteiger partial charge in [-0.15, -0.1) is 0 Å². The van der Waals surface area contributed by atoms with Gasteiger partial charge in [0.15, 0.2) is 0 Å². The van der Waals surface area contributed by atoms with Crippen molar-refractivity contribution in [3.63, 3.8) is 0 Å². The molecule has 1 N–H and O–H groups in total. The highest BCUT2D eigenvalue weighted by molar-refractivity contribution is 5.48. The first-order chi connectivity index (χ1) is 9.22. The molecule has 0 amide bonds. The van der Waals surface area contributed by atoms with E-state index in [1.807, 2.05) is 12.1 Å². The molecule has 0 aliphatic rings. The molecule has 0 unspecified atom stereocenters. The van der Waals surface area contributed by atoms with Crippen LogP contribution in [0.4, 0.5) is 10.1 Å². The van der Waals surface area contributed by atoms with Crippen LogP contribution in [-0.2, 0) is 13.0 Å². The Hall–Kier alpha value is -2.34. The van der Waals surface area contributed by atoms with Gasteiger partial charge in [0.1, 0.15) is 5.82 Å². The van der Waals surface area contributed by atoms with Gasteiger partial charge < -0.3 is 5.32 Å². The quantitative estimate of drug-likeness (QED) is 0.899. The highest BCUT2D eigenvalue weighted by Crippen LogP contribution is 2.15. The van der Waals surface area contributed by atoms with Crippen molar-refractivity contribution in [2.24, 2.45) is 0 Å². The third kappa shape index (κ3) is 3.32. The van der Waals surface area contributed by atoms with Gasteiger partial charge in [-0.1, -0.05) is 19.1 Å². The topological polar surface area (TPSA) is 35.8 Å². The van der Waals surface area contributed by atoms with Crippen LogP contribution in [0.5, 0.6) is 0 Å². The van der Waals surface area contributed by atoms with E-state index >= 15 is 0 Å². The lowest BCUT2D eigenvalue weighted by molar-refractivity contribution is 0.625. The third-order valence-electron chi connectivity index (χ3n) is 3.01. The number of anilines is 1. The molecule has 0 radical (unpaired) electrons. The number of hydrogen-bond donors (Lipinski definition) is 1. The molecule has 2 rings (SSSR count). The summed E-state index contributed by atoms with van der Waals surface area (Å²) in [6.07, 6.45) is 0.971. The Bertz CT molecular complexity index is 614. The summed E-state index contributed by atoms with van der Waals surface area (Å²) in [7, 11) is 0. The number of halogens is 1. The Labute approximate surface area is 112 Å². The fraction of sp³-hybridized carbons (Fsp3) is 0.188. The number of nitrogens with zero attached hydrogens (tertiary/aromatic N) is 1. The molecule has 0 aliphatic heterocycles. The summed E-state index contributed by atoms with van der Waals surface area (Å²) in [4.78, 5) is 0. The standard InChI is InChI=1S/C16H15FN2/c1-2-12-4-3-5-16(8-12)19-11-14-9-15(17)7-6-13(14)10-18/h3-9,19H,2,11H2,1H3. The van der Waals surface area contributed by atoms with Crippen molar-refractivity contribution in [1.82, 2.24) is 0 Å². The fourth-order valence-electron chi connectivity index (χ4n) is 1.92. The number of rotatable bonds is 4. The van der Waals surface area contributed by atoms with Gasteiger partial charge in [0.25, 0.3) is 0 Å². The SMILES string of the molecule is CCc1cccc(NCc2cc(F)ccc2C#N)c1. The molecule has 2 nitrogen and oxygen atoms in total. The van der Waals surface area contributed by atoms with Crippen molar-refractivity contribution in [1.29, 1.82) is 5.26 Å². The maximum absolute atomic E-state index is 13.2. The molecule has 0 aromatic heterocycles. The van der Waals surface area contributed by atoms with Gasteiger partial charge in [-0.2, -0.15) is 5.26 Å². The van der Waals surface area contributed by atoms with E-state index in [1.54, 1.807) is 0 Å². The average Bonchev–Trinajstić information content (AvgIpc) is 2.45. The van der Waals surface area contributed by atoms with Gasteiger partial charge in [0, 0.05) is 12.2 Å². The largest absolute Gasteiger partial charge is 0.381 e. The van der Waals surface area contributed by atoms with E-state index in [4.69, 9.17) is 5.26 Å². The minimum atomic E-state index is -0.321. The van der Waals surface area contributed by atoms with Gasteiger partial charge in [-0.25, -0.2) is 4.39 Å². The predicted molar refractivity (Wildman–Crippen MR) is 74.3 cm³/mol. The molecule has 0 saturated heterocycles. The molecule has 0 atom stereocenters. The number of benzene rings is 2. The lowest BCUT2D eigenvalue weighted by Gasteiger charge is -2.09. The predicted octanol–water partition coefficient (Wildman–Crippen LogP) is 3.87. The van der Waals surface area contributed by atoms with Gasteiger partial charge in [0.2, 0.25) is 0 Å². The van der Waals surface area contributed by atoms with Crippen LogP contribution in [-0.4, -0.2) is 0 Å². The van der Waals surface area contributed by atoms with Crippen LogP contribution in [0.15, 0.2) is 42.5 Å². The van der Waals surface area contributed by atoms with Crippen molar-refractivity contribution in [2.75, 3.05) is 5.32 Å². The molecular formula is C16H15FN2. The van der Waals surface area contributed by atoms with Crippen LogP contribution in [0, 0.1) is 17.1 Å². The molecular weight excluding hydrogens is 239 g/mol. The van der Waals surface area contributed by atoms with Crippen LogP contribution < -0.4 is 5.32 Å².